The van der Waals surface area contributed by atoms with E-state index in [-0.39, 0.29) is 18.6 Å². The number of carbonyl (C=O) groups excluding carboxylic acids is 2. The molecule has 0 saturated heterocycles. The molecule has 3 aromatic rings. The lowest BCUT2D eigenvalue weighted by atomic mass is 10.1. The summed E-state index contributed by atoms with van der Waals surface area (Å²) in [6.45, 7) is 4.52. The minimum absolute atomic E-state index is 0.100. The smallest absolute Gasteiger partial charge is 0.407 e. The zero-order valence-electron chi connectivity index (χ0n) is 18.0. The van der Waals surface area contributed by atoms with Crippen molar-refractivity contribution in [2.24, 2.45) is 0 Å². The largest absolute Gasteiger partial charge is 0.494 e. The van der Waals surface area contributed by atoms with Crippen LogP contribution in [0.25, 0.3) is 0 Å². The summed E-state index contributed by atoms with van der Waals surface area (Å²) in [4.78, 5) is 25.3. The van der Waals surface area contributed by atoms with Crippen LogP contribution >= 0.6 is 12.6 Å². The normalized spacial score (nSPS) is 11.3. The highest BCUT2D eigenvalue weighted by Crippen LogP contribution is 2.20. The highest BCUT2D eigenvalue weighted by atomic mass is 32.1. The van der Waals surface area contributed by atoms with Crippen molar-refractivity contribution >= 4 is 30.3 Å². The quantitative estimate of drug-likeness (QED) is 0.390. The van der Waals surface area contributed by atoms with E-state index in [1.54, 1.807) is 36.4 Å². The van der Waals surface area contributed by atoms with Gasteiger partial charge in [-0.05, 0) is 61.4 Å². The average molecular weight is 451 g/mol. The number of nitrogens with one attached hydrogen (secondary N) is 2. The molecule has 0 aromatic heterocycles. The topological polar surface area (TPSA) is 76.7 Å². The van der Waals surface area contributed by atoms with Gasteiger partial charge >= 0.3 is 6.09 Å². The highest BCUT2D eigenvalue weighted by molar-refractivity contribution is 7.80. The molecule has 0 fully saturated rings. The van der Waals surface area contributed by atoms with Crippen LogP contribution < -0.4 is 15.4 Å². The van der Waals surface area contributed by atoms with Gasteiger partial charge in [0.15, 0.2) is 0 Å². The van der Waals surface area contributed by atoms with E-state index in [4.69, 9.17) is 9.47 Å². The number of anilines is 1. The molecule has 3 aromatic carbocycles. The van der Waals surface area contributed by atoms with Crippen molar-refractivity contribution in [3.8, 4) is 5.75 Å². The third-order valence-electron chi connectivity index (χ3n) is 4.76. The summed E-state index contributed by atoms with van der Waals surface area (Å²) in [5.41, 5.74) is 2.87. The Bertz CT molecular complexity index is 1050. The van der Waals surface area contributed by atoms with Gasteiger partial charge in [-0.15, -0.1) is 12.6 Å². The molecule has 0 unspecified atom stereocenters. The molecule has 0 spiro atoms. The van der Waals surface area contributed by atoms with E-state index in [0.717, 1.165) is 16.9 Å². The SMILES string of the molecule is CCOc1ccc([C@H](C)NC(=O)OCc2ccc(C(=O)Nc3ccccc3S)cc2)cc1. The Morgan fingerprint density at radius 2 is 1.66 bits per heavy atom. The zero-order valence-corrected chi connectivity index (χ0v) is 18.9. The molecule has 0 aliphatic heterocycles. The Kier molecular flexibility index (Phi) is 8.16. The second kappa shape index (κ2) is 11.2. The first-order valence-electron chi connectivity index (χ1n) is 10.3. The first-order valence-corrected chi connectivity index (χ1v) is 10.8. The molecule has 3 rings (SSSR count). The molecule has 0 bridgehead atoms. The van der Waals surface area contributed by atoms with E-state index in [2.05, 4.69) is 23.3 Å². The van der Waals surface area contributed by atoms with Crippen molar-refractivity contribution in [1.82, 2.24) is 5.32 Å². The highest BCUT2D eigenvalue weighted by Gasteiger charge is 2.12. The molecule has 0 aliphatic carbocycles. The number of hydrogen-bond donors (Lipinski definition) is 3. The summed E-state index contributed by atoms with van der Waals surface area (Å²) >= 11 is 4.33. The molecule has 7 heteroatoms. The second-order valence-corrected chi connectivity index (χ2v) is 7.59. The summed E-state index contributed by atoms with van der Waals surface area (Å²) in [5.74, 6) is 0.555. The number of carbonyl (C=O) groups is 2. The maximum Gasteiger partial charge on any atom is 0.407 e. The summed E-state index contributed by atoms with van der Waals surface area (Å²) in [6.07, 6.45) is -0.515. The Labute approximate surface area is 193 Å². The van der Waals surface area contributed by atoms with Crippen molar-refractivity contribution in [2.75, 3.05) is 11.9 Å². The molecule has 2 N–H and O–H groups in total. The van der Waals surface area contributed by atoms with Gasteiger partial charge in [0, 0.05) is 10.5 Å². The summed E-state index contributed by atoms with van der Waals surface area (Å²) in [5, 5.41) is 5.63. The van der Waals surface area contributed by atoms with Gasteiger partial charge in [0.25, 0.3) is 5.91 Å². The van der Waals surface area contributed by atoms with Crippen molar-refractivity contribution in [3.63, 3.8) is 0 Å². The van der Waals surface area contributed by atoms with Crippen molar-refractivity contribution in [3.05, 3.63) is 89.5 Å². The number of alkyl carbamates (subject to hydrolysis) is 1. The number of benzene rings is 3. The van der Waals surface area contributed by atoms with Crippen molar-refractivity contribution in [2.45, 2.75) is 31.4 Å². The van der Waals surface area contributed by atoms with E-state index in [1.807, 2.05) is 50.2 Å². The lowest BCUT2D eigenvalue weighted by molar-refractivity contribution is 0.102. The third-order valence-corrected chi connectivity index (χ3v) is 5.15. The Morgan fingerprint density at radius 1 is 0.969 bits per heavy atom. The molecule has 6 nitrogen and oxygen atoms in total. The number of ether oxygens (including phenoxy) is 2. The molecule has 166 valence electrons. The van der Waals surface area contributed by atoms with Crippen LogP contribution in [0.15, 0.2) is 77.7 Å². The maximum atomic E-state index is 12.4. The lowest BCUT2D eigenvalue weighted by Gasteiger charge is -2.15. The first-order chi connectivity index (χ1) is 15.5. The number of thiol groups is 1. The third kappa shape index (κ3) is 6.52. The van der Waals surface area contributed by atoms with E-state index in [9.17, 15) is 9.59 Å². The van der Waals surface area contributed by atoms with Crippen molar-refractivity contribution in [1.29, 1.82) is 0 Å². The second-order valence-electron chi connectivity index (χ2n) is 7.11. The molecule has 0 radical (unpaired) electrons. The zero-order chi connectivity index (χ0) is 22.9. The first kappa shape index (κ1) is 23.2. The summed E-state index contributed by atoms with van der Waals surface area (Å²) < 4.78 is 10.7. The predicted molar refractivity (Wildman–Crippen MR) is 127 cm³/mol. The molecule has 1 atom stereocenters. The molecule has 0 heterocycles. The van der Waals surface area contributed by atoms with Crippen LogP contribution in [0.5, 0.6) is 5.75 Å². The Hall–Kier alpha value is -3.45. The average Bonchev–Trinajstić information content (AvgIpc) is 2.80. The molecule has 32 heavy (non-hydrogen) atoms. The Morgan fingerprint density at radius 3 is 2.31 bits per heavy atom. The number of hydrogen-bond acceptors (Lipinski definition) is 5. The summed E-state index contributed by atoms with van der Waals surface area (Å²) in [6, 6.07) is 21.5. The number of rotatable bonds is 8. The van der Waals surface area contributed by atoms with Crippen LogP contribution in [0.4, 0.5) is 10.5 Å². The van der Waals surface area contributed by atoms with Crippen LogP contribution in [0, 0.1) is 0 Å². The lowest BCUT2D eigenvalue weighted by Crippen LogP contribution is -2.27. The van der Waals surface area contributed by atoms with Gasteiger partial charge in [0.1, 0.15) is 12.4 Å². The standard InChI is InChI=1S/C25H26N2O4S/c1-3-30-21-14-12-19(13-15-21)17(2)26-25(29)31-16-18-8-10-20(11-9-18)24(28)27-22-6-4-5-7-23(22)32/h4-15,17,32H,3,16H2,1-2H3,(H,26,29)(H,27,28)/t17-/m0/s1. The molecule has 0 saturated carbocycles. The fraction of sp³-hybridized carbons (Fsp3) is 0.200. The molecular weight excluding hydrogens is 424 g/mol. The van der Waals surface area contributed by atoms with Crippen molar-refractivity contribution < 1.29 is 19.1 Å². The Balaban J connectivity index is 1.48. The van der Waals surface area contributed by atoms with E-state index < -0.39 is 6.09 Å². The molecule has 0 aliphatic rings. The fourth-order valence-electron chi connectivity index (χ4n) is 3.00. The van der Waals surface area contributed by atoms with Gasteiger partial charge in [-0.25, -0.2) is 4.79 Å². The van der Waals surface area contributed by atoms with Crippen LogP contribution in [0.1, 0.15) is 41.4 Å². The van der Waals surface area contributed by atoms with Crippen LogP contribution in [-0.2, 0) is 11.3 Å². The maximum absolute atomic E-state index is 12.4. The van der Waals surface area contributed by atoms with Crippen LogP contribution in [0.2, 0.25) is 0 Å². The molecule has 2 amide bonds. The van der Waals surface area contributed by atoms with E-state index in [0.29, 0.717) is 22.8 Å². The minimum Gasteiger partial charge on any atom is -0.494 e. The van der Waals surface area contributed by atoms with Gasteiger partial charge in [-0.2, -0.15) is 0 Å². The predicted octanol–water partition coefficient (Wildman–Crippen LogP) is 5.61. The monoisotopic (exact) mass is 450 g/mol. The number of amides is 2. The summed E-state index contributed by atoms with van der Waals surface area (Å²) in [7, 11) is 0. The fourth-order valence-corrected chi connectivity index (χ4v) is 3.21. The van der Waals surface area contributed by atoms with Gasteiger partial charge in [0.05, 0.1) is 18.3 Å². The van der Waals surface area contributed by atoms with Crippen LogP contribution in [0.3, 0.4) is 0 Å². The van der Waals surface area contributed by atoms with E-state index in [1.165, 1.54) is 0 Å². The van der Waals surface area contributed by atoms with Gasteiger partial charge in [-0.1, -0.05) is 36.4 Å². The number of para-hydroxylation sites is 1. The molecular formula is C25H26N2O4S. The van der Waals surface area contributed by atoms with E-state index >= 15 is 0 Å². The van der Waals surface area contributed by atoms with Crippen LogP contribution in [-0.4, -0.2) is 18.6 Å². The van der Waals surface area contributed by atoms with Gasteiger partial charge in [-0.3, -0.25) is 4.79 Å². The van der Waals surface area contributed by atoms with Gasteiger partial charge in [0.2, 0.25) is 0 Å². The van der Waals surface area contributed by atoms with Gasteiger partial charge < -0.3 is 20.1 Å². The minimum atomic E-state index is -0.515.